The topological polar surface area (TPSA) is 87.1 Å². The van der Waals surface area contributed by atoms with Crippen molar-refractivity contribution in [1.82, 2.24) is 15.3 Å². The van der Waals surface area contributed by atoms with Crippen molar-refractivity contribution in [1.29, 1.82) is 0 Å². The van der Waals surface area contributed by atoms with Crippen LogP contribution in [-0.4, -0.2) is 33.8 Å². The van der Waals surface area contributed by atoms with E-state index in [1.54, 1.807) is 6.20 Å². The van der Waals surface area contributed by atoms with Gasteiger partial charge in [-0.1, -0.05) is 19.1 Å². The number of fused-ring (bicyclic) bond motifs is 1. The van der Waals surface area contributed by atoms with Crippen molar-refractivity contribution < 1.29 is 9.90 Å². The second kappa shape index (κ2) is 6.18. The van der Waals surface area contributed by atoms with E-state index in [1.165, 1.54) is 0 Å². The van der Waals surface area contributed by atoms with Crippen LogP contribution < -0.4 is 10.6 Å². The van der Waals surface area contributed by atoms with E-state index in [1.807, 2.05) is 38.1 Å². The van der Waals surface area contributed by atoms with Crippen molar-refractivity contribution in [2.45, 2.75) is 19.9 Å². The van der Waals surface area contributed by atoms with Gasteiger partial charge in [-0.05, 0) is 25.0 Å². The molecule has 0 aliphatic carbocycles. The second-order valence-electron chi connectivity index (χ2n) is 4.84. The number of carbonyl (C=O) groups is 1. The molecule has 1 aromatic carbocycles. The first-order valence-electron chi connectivity index (χ1n) is 6.51. The van der Waals surface area contributed by atoms with Crippen molar-refractivity contribution in [3.63, 3.8) is 0 Å². The SMILES string of the molecule is CC(CNc1cnc2ccccc2n1)C(C)NC(=O)O. The molecule has 0 radical (unpaired) electrons. The Labute approximate surface area is 117 Å². The van der Waals surface area contributed by atoms with Gasteiger partial charge in [-0.15, -0.1) is 0 Å². The number of nitrogens with one attached hydrogen (secondary N) is 2. The summed E-state index contributed by atoms with van der Waals surface area (Å²) in [6.07, 6.45) is 0.680. The first kappa shape index (κ1) is 14.0. The van der Waals surface area contributed by atoms with Crippen molar-refractivity contribution in [3.05, 3.63) is 30.5 Å². The molecule has 1 heterocycles. The third-order valence-corrected chi connectivity index (χ3v) is 3.26. The summed E-state index contributed by atoms with van der Waals surface area (Å²) < 4.78 is 0. The zero-order valence-electron chi connectivity index (χ0n) is 11.5. The van der Waals surface area contributed by atoms with Crippen LogP contribution in [0.15, 0.2) is 30.5 Å². The lowest BCUT2D eigenvalue weighted by molar-refractivity contribution is 0.187. The van der Waals surface area contributed by atoms with Crippen LogP contribution in [0.4, 0.5) is 10.6 Å². The van der Waals surface area contributed by atoms with Gasteiger partial charge in [-0.2, -0.15) is 0 Å². The number of anilines is 1. The zero-order valence-corrected chi connectivity index (χ0v) is 11.5. The van der Waals surface area contributed by atoms with Gasteiger partial charge in [-0.3, -0.25) is 4.98 Å². The standard InChI is InChI=1S/C14H18N4O2/c1-9(10(2)17-14(19)20)7-16-13-8-15-11-5-3-4-6-12(11)18-13/h3-6,8-10,17H,7H2,1-2H3,(H,16,18)(H,19,20). The zero-order chi connectivity index (χ0) is 14.5. The number of benzene rings is 1. The summed E-state index contributed by atoms with van der Waals surface area (Å²) in [6.45, 7) is 4.43. The van der Waals surface area contributed by atoms with E-state index < -0.39 is 6.09 Å². The van der Waals surface area contributed by atoms with Crippen molar-refractivity contribution >= 4 is 22.9 Å². The molecule has 0 fully saturated rings. The van der Waals surface area contributed by atoms with Gasteiger partial charge in [-0.25, -0.2) is 9.78 Å². The first-order chi connectivity index (χ1) is 9.56. The highest BCUT2D eigenvalue weighted by molar-refractivity contribution is 5.75. The Balaban J connectivity index is 1.96. The molecular weight excluding hydrogens is 256 g/mol. The van der Waals surface area contributed by atoms with Crippen LogP contribution in [0.2, 0.25) is 0 Å². The molecule has 2 atom stereocenters. The third kappa shape index (κ3) is 3.57. The van der Waals surface area contributed by atoms with Gasteiger partial charge < -0.3 is 15.7 Å². The van der Waals surface area contributed by atoms with E-state index in [-0.39, 0.29) is 12.0 Å². The molecule has 0 spiro atoms. The molecule has 20 heavy (non-hydrogen) atoms. The van der Waals surface area contributed by atoms with Crippen LogP contribution in [0, 0.1) is 5.92 Å². The maximum Gasteiger partial charge on any atom is 0.404 e. The average Bonchev–Trinajstić information content (AvgIpc) is 2.43. The predicted molar refractivity (Wildman–Crippen MR) is 77.8 cm³/mol. The second-order valence-corrected chi connectivity index (χ2v) is 4.84. The highest BCUT2D eigenvalue weighted by Crippen LogP contribution is 2.12. The maximum absolute atomic E-state index is 10.6. The van der Waals surface area contributed by atoms with E-state index in [2.05, 4.69) is 20.6 Å². The molecule has 3 N–H and O–H groups in total. The summed E-state index contributed by atoms with van der Waals surface area (Å²) in [5.41, 5.74) is 1.69. The molecule has 106 valence electrons. The molecule has 0 saturated carbocycles. The summed E-state index contributed by atoms with van der Waals surface area (Å²) in [5, 5.41) is 14.3. The van der Waals surface area contributed by atoms with Gasteiger partial charge in [0.25, 0.3) is 0 Å². The summed E-state index contributed by atoms with van der Waals surface area (Å²) in [6, 6.07) is 7.53. The van der Waals surface area contributed by atoms with Crippen molar-refractivity contribution in [2.24, 2.45) is 5.92 Å². The lowest BCUT2D eigenvalue weighted by Gasteiger charge is -2.20. The van der Waals surface area contributed by atoms with Gasteiger partial charge in [0, 0.05) is 12.6 Å². The monoisotopic (exact) mass is 274 g/mol. The highest BCUT2D eigenvalue weighted by Gasteiger charge is 2.14. The first-order valence-corrected chi connectivity index (χ1v) is 6.51. The quantitative estimate of drug-likeness (QED) is 0.779. The number of hydrogen-bond donors (Lipinski definition) is 3. The van der Waals surface area contributed by atoms with Crippen LogP contribution in [0.1, 0.15) is 13.8 Å². The van der Waals surface area contributed by atoms with Crippen LogP contribution in [0.3, 0.4) is 0 Å². The molecule has 6 heteroatoms. The number of nitrogens with zero attached hydrogens (tertiary/aromatic N) is 2. The van der Waals surface area contributed by atoms with E-state index >= 15 is 0 Å². The van der Waals surface area contributed by atoms with Crippen LogP contribution >= 0.6 is 0 Å². The molecule has 2 rings (SSSR count). The average molecular weight is 274 g/mol. The predicted octanol–water partition coefficient (Wildman–Crippen LogP) is 2.33. The van der Waals surface area contributed by atoms with E-state index in [0.717, 1.165) is 11.0 Å². The fourth-order valence-corrected chi connectivity index (χ4v) is 1.82. The number of carboxylic acid groups (broad SMARTS) is 1. The minimum Gasteiger partial charge on any atom is -0.465 e. The lowest BCUT2D eigenvalue weighted by atomic mass is 10.0. The van der Waals surface area contributed by atoms with Gasteiger partial charge in [0.2, 0.25) is 0 Å². The molecule has 2 unspecified atom stereocenters. The summed E-state index contributed by atoms with van der Waals surface area (Å²) in [7, 11) is 0. The normalized spacial score (nSPS) is 13.7. The number of hydrogen-bond acceptors (Lipinski definition) is 4. The molecule has 1 aromatic heterocycles. The molecule has 0 aliphatic rings. The third-order valence-electron chi connectivity index (χ3n) is 3.26. The number of amides is 1. The van der Waals surface area contributed by atoms with Gasteiger partial charge in [0.05, 0.1) is 17.2 Å². The molecule has 0 bridgehead atoms. The fraction of sp³-hybridized carbons (Fsp3) is 0.357. The van der Waals surface area contributed by atoms with E-state index in [0.29, 0.717) is 12.4 Å². The summed E-state index contributed by atoms with van der Waals surface area (Å²) in [5.74, 6) is 0.831. The Hall–Kier alpha value is -2.37. The van der Waals surface area contributed by atoms with Gasteiger partial charge >= 0.3 is 6.09 Å². The minimum absolute atomic E-state index is 0.131. The molecule has 2 aromatic rings. The smallest absolute Gasteiger partial charge is 0.404 e. The molecule has 0 saturated heterocycles. The molecule has 6 nitrogen and oxygen atoms in total. The van der Waals surface area contributed by atoms with Crippen LogP contribution in [0.25, 0.3) is 11.0 Å². The molecule has 0 aliphatic heterocycles. The molecular formula is C14H18N4O2. The maximum atomic E-state index is 10.6. The summed E-state index contributed by atoms with van der Waals surface area (Å²) >= 11 is 0. The summed E-state index contributed by atoms with van der Waals surface area (Å²) in [4.78, 5) is 19.4. The number of rotatable bonds is 5. The number of para-hydroxylation sites is 2. The van der Waals surface area contributed by atoms with E-state index in [9.17, 15) is 4.79 Å². The Morgan fingerprint density at radius 1 is 1.30 bits per heavy atom. The highest BCUT2D eigenvalue weighted by atomic mass is 16.4. The van der Waals surface area contributed by atoms with Crippen LogP contribution in [-0.2, 0) is 0 Å². The van der Waals surface area contributed by atoms with Gasteiger partial charge in [0.15, 0.2) is 0 Å². The molecule has 1 amide bonds. The van der Waals surface area contributed by atoms with Crippen molar-refractivity contribution in [2.75, 3.05) is 11.9 Å². The Kier molecular flexibility index (Phi) is 4.34. The lowest BCUT2D eigenvalue weighted by Crippen LogP contribution is -2.38. The Morgan fingerprint density at radius 2 is 2.00 bits per heavy atom. The largest absolute Gasteiger partial charge is 0.465 e. The minimum atomic E-state index is -1.00. The fourth-order valence-electron chi connectivity index (χ4n) is 1.82. The number of aromatic nitrogens is 2. The van der Waals surface area contributed by atoms with Crippen molar-refractivity contribution in [3.8, 4) is 0 Å². The Morgan fingerprint density at radius 3 is 2.70 bits per heavy atom. The van der Waals surface area contributed by atoms with Crippen LogP contribution in [0.5, 0.6) is 0 Å². The Bertz CT molecular complexity index is 602. The van der Waals surface area contributed by atoms with Gasteiger partial charge in [0.1, 0.15) is 5.82 Å². The van der Waals surface area contributed by atoms with E-state index in [4.69, 9.17) is 5.11 Å².